The predicted octanol–water partition coefficient (Wildman–Crippen LogP) is 2.79. The lowest BCUT2D eigenvalue weighted by atomic mass is 10.3. The number of ether oxygens (including phenoxy) is 2. The largest absolute Gasteiger partial charge is 0.491 e. The second-order valence-corrected chi connectivity index (χ2v) is 3.42. The molecule has 0 saturated carbocycles. The zero-order chi connectivity index (χ0) is 12.1. The fourth-order valence-electron chi connectivity index (χ4n) is 1.11. The second-order valence-electron chi connectivity index (χ2n) is 3.42. The van der Waals surface area contributed by atoms with Crippen molar-refractivity contribution >= 4 is 11.8 Å². The van der Waals surface area contributed by atoms with Gasteiger partial charge < -0.3 is 9.47 Å². The Labute approximate surface area is 93.4 Å². The van der Waals surface area contributed by atoms with Gasteiger partial charge in [0.2, 0.25) is 0 Å². The van der Waals surface area contributed by atoms with E-state index in [1.54, 1.807) is 0 Å². The predicted molar refractivity (Wildman–Crippen MR) is 58.2 cm³/mol. The van der Waals surface area contributed by atoms with Gasteiger partial charge in [0, 0.05) is 6.07 Å². The molecule has 1 aromatic rings. The number of carbonyl (C=O) groups is 1. The van der Waals surface area contributed by atoms with Crippen LogP contribution in [0.4, 0.5) is 14.9 Å². The highest BCUT2D eigenvalue weighted by molar-refractivity contribution is 5.84. The molecular formula is C11H14FNO3. The summed E-state index contributed by atoms with van der Waals surface area (Å²) < 4.78 is 23.0. The number of anilines is 1. The van der Waals surface area contributed by atoms with Crippen molar-refractivity contribution in [3.05, 3.63) is 24.0 Å². The van der Waals surface area contributed by atoms with Crippen LogP contribution < -0.4 is 10.1 Å². The van der Waals surface area contributed by atoms with Gasteiger partial charge in [-0.2, -0.15) is 0 Å². The molecule has 4 nitrogen and oxygen atoms in total. The molecule has 0 saturated heterocycles. The van der Waals surface area contributed by atoms with Crippen LogP contribution in [0.2, 0.25) is 0 Å². The first kappa shape index (κ1) is 12.3. The van der Waals surface area contributed by atoms with E-state index < -0.39 is 11.9 Å². The third-order valence-electron chi connectivity index (χ3n) is 1.73. The number of benzene rings is 1. The molecular weight excluding hydrogens is 213 g/mol. The SMILES string of the molecule is COC(=O)Nc1cc(OC(C)C)ccc1F. The summed E-state index contributed by atoms with van der Waals surface area (Å²) >= 11 is 0. The van der Waals surface area contributed by atoms with E-state index in [1.807, 2.05) is 13.8 Å². The maximum Gasteiger partial charge on any atom is 0.411 e. The number of amides is 1. The average Bonchev–Trinajstić information content (AvgIpc) is 2.22. The summed E-state index contributed by atoms with van der Waals surface area (Å²) in [6.45, 7) is 3.72. The van der Waals surface area contributed by atoms with Gasteiger partial charge in [-0.3, -0.25) is 5.32 Å². The van der Waals surface area contributed by atoms with E-state index in [-0.39, 0.29) is 11.8 Å². The summed E-state index contributed by atoms with van der Waals surface area (Å²) in [7, 11) is 1.21. The third kappa shape index (κ3) is 3.42. The van der Waals surface area contributed by atoms with Gasteiger partial charge >= 0.3 is 6.09 Å². The summed E-state index contributed by atoms with van der Waals surface area (Å²) in [4.78, 5) is 10.9. The van der Waals surface area contributed by atoms with Gasteiger partial charge in [-0.1, -0.05) is 0 Å². The van der Waals surface area contributed by atoms with E-state index in [2.05, 4.69) is 10.1 Å². The topological polar surface area (TPSA) is 47.6 Å². The number of halogens is 1. The van der Waals surface area contributed by atoms with Gasteiger partial charge in [0.05, 0.1) is 18.9 Å². The molecule has 16 heavy (non-hydrogen) atoms. The monoisotopic (exact) mass is 227 g/mol. The van der Waals surface area contributed by atoms with Gasteiger partial charge in [0.1, 0.15) is 11.6 Å². The smallest absolute Gasteiger partial charge is 0.411 e. The number of rotatable bonds is 3. The molecule has 0 atom stereocenters. The molecule has 5 heteroatoms. The van der Waals surface area contributed by atoms with Gasteiger partial charge in [-0.25, -0.2) is 9.18 Å². The van der Waals surface area contributed by atoms with Crippen LogP contribution in [-0.4, -0.2) is 19.3 Å². The van der Waals surface area contributed by atoms with Crippen LogP contribution in [-0.2, 0) is 4.74 Å². The second kappa shape index (κ2) is 5.34. The van der Waals surface area contributed by atoms with Crippen molar-refractivity contribution in [2.75, 3.05) is 12.4 Å². The van der Waals surface area contributed by atoms with Crippen LogP contribution in [0.5, 0.6) is 5.75 Å². The first-order valence-corrected chi connectivity index (χ1v) is 4.84. The number of hydrogen-bond donors (Lipinski definition) is 1. The molecule has 0 spiro atoms. The van der Waals surface area contributed by atoms with Gasteiger partial charge in [-0.15, -0.1) is 0 Å². The molecule has 88 valence electrons. The molecule has 0 aliphatic carbocycles. The van der Waals surface area contributed by atoms with Crippen LogP contribution in [0, 0.1) is 5.82 Å². The summed E-state index contributed by atoms with van der Waals surface area (Å²) in [5, 5.41) is 2.26. The van der Waals surface area contributed by atoms with E-state index in [1.165, 1.54) is 25.3 Å². The number of nitrogens with one attached hydrogen (secondary N) is 1. The highest BCUT2D eigenvalue weighted by atomic mass is 19.1. The first-order chi connectivity index (χ1) is 7.52. The Kier molecular flexibility index (Phi) is 4.10. The minimum absolute atomic E-state index is 0.0172. The minimum Gasteiger partial charge on any atom is -0.491 e. The quantitative estimate of drug-likeness (QED) is 0.863. The van der Waals surface area contributed by atoms with Gasteiger partial charge in [-0.05, 0) is 26.0 Å². The summed E-state index contributed by atoms with van der Waals surface area (Å²) in [5.74, 6) is -0.0516. The van der Waals surface area contributed by atoms with Crippen molar-refractivity contribution in [1.29, 1.82) is 0 Å². The van der Waals surface area contributed by atoms with Crippen LogP contribution in [0.3, 0.4) is 0 Å². The molecule has 0 bridgehead atoms. The molecule has 0 aliphatic heterocycles. The standard InChI is InChI=1S/C11H14FNO3/c1-7(2)16-8-4-5-9(12)10(6-8)13-11(14)15-3/h4-7H,1-3H3,(H,13,14). The molecule has 1 amide bonds. The number of hydrogen-bond acceptors (Lipinski definition) is 3. The molecule has 0 unspecified atom stereocenters. The Bertz CT molecular complexity index is 379. The molecule has 0 fully saturated rings. The van der Waals surface area contributed by atoms with Crippen molar-refractivity contribution in [2.45, 2.75) is 20.0 Å². The van der Waals surface area contributed by atoms with Crippen LogP contribution in [0.15, 0.2) is 18.2 Å². The third-order valence-corrected chi connectivity index (χ3v) is 1.73. The highest BCUT2D eigenvalue weighted by Crippen LogP contribution is 2.22. The van der Waals surface area contributed by atoms with Crippen LogP contribution >= 0.6 is 0 Å². The molecule has 1 aromatic carbocycles. The maximum atomic E-state index is 13.3. The lowest BCUT2D eigenvalue weighted by Crippen LogP contribution is -2.13. The number of methoxy groups -OCH3 is 1. The number of carbonyl (C=O) groups excluding carboxylic acids is 1. The van der Waals surface area contributed by atoms with E-state index in [4.69, 9.17) is 4.74 Å². The van der Waals surface area contributed by atoms with Crippen molar-refractivity contribution in [3.8, 4) is 5.75 Å². The zero-order valence-corrected chi connectivity index (χ0v) is 9.41. The van der Waals surface area contributed by atoms with Gasteiger partial charge in [0.15, 0.2) is 0 Å². The van der Waals surface area contributed by atoms with E-state index >= 15 is 0 Å². The summed E-state index contributed by atoms with van der Waals surface area (Å²) in [6, 6.07) is 4.13. The first-order valence-electron chi connectivity index (χ1n) is 4.84. The molecule has 0 radical (unpaired) electrons. The van der Waals surface area contributed by atoms with Crippen LogP contribution in [0.25, 0.3) is 0 Å². The Morgan fingerprint density at radius 1 is 1.44 bits per heavy atom. The van der Waals surface area contributed by atoms with E-state index in [0.29, 0.717) is 5.75 Å². The zero-order valence-electron chi connectivity index (χ0n) is 9.41. The molecule has 1 rings (SSSR count). The lowest BCUT2D eigenvalue weighted by molar-refractivity contribution is 0.186. The van der Waals surface area contributed by atoms with E-state index in [9.17, 15) is 9.18 Å². The summed E-state index contributed by atoms with van der Waals surface area (Å²) in [5.41, 5.74) is 0.0324. The van der Waals surface area contributed by atoms with E-state index in [0.717, 1.165) is 0 Å². The molecule has 1 N–H and O–H groups in total. The Balaban J connectivity index is 2.86. The van der Waals surface area contributed by atoms with Crippen LogP contribution in [0.1, 0.15) is 13.8 Å². The fraction of sp³-hybridized carbons (Fsp3) is 0.364. The molecule has 0 aromatic heterocycles. The normalized spacial score (nSPS) is 10.1. The summed E-state index contributed by atoms with van der Waals surface area (Å²) in [6.07, 6.45) is -0.739. The fourth-order valence-corrected chi connectivity index (χ4v) is 1.11. The molecule has 0 heterocycles. The molecule has 0 aliphatic rings. The highest BCUT2D eigenvalue weighted by Gasteiger charge is 2.08. The average molecular weight is 227 g/mol. The Hall–Kier alpha value is -1.78. The van der Waals surface area contributed by atoms with Crippen molar-refractivity contribution < 1.29 is 18.7 Å². The Morgan fingerprint density at radius 2 is 2.12 bits per heavy atom. The van der Waals surface area contributed by atoms with Gasteiger partial charge in [0.25, 0.3) is 0 Å². The van der Waals surface area contributed by atoms with Crippen molar-refractivity contribution in [2.24, 2.45) is 0 Å². The Morgan fingerprint density at radius 3 is 2.69 bits per heavy atom. The van der Waals surface area contributed by atoms with Crippen molar-refractivity contribution in [3.63, 3.8) is 0 Å². The lowest BCUT2D eigenvalue weighted by Gasteiger charge is -2.11. The van der Waals surface area contributed by atoms with Crippen molar-refractivity contribution in [1.82, 2.24) is 0 Å². The maximum absolute atomic E-state index is 13.3. The minimum atomic E-state index is -0.722.